The third-order valence-electron chi connectivity index (χ3n) is 4.15. The largest absolute Gasteiger partial charge is 0.497 e. The molecule has 1 heterocycles. The van der Waals surface area contributed by atoms with E-state index in [4.69, 9.17) is 16.3 Å². The zero-order chi connectivity index (χ0) is 19.9. The number of benzene rings is 2. The van der Waals surface area contributed by atoms with E-state index in [2.05, 4.69) is 10.3 Å². The molecule has 0 saturated carbocycles. The van der Waals surface area contributed by atoms with Crippen LogP contribution in [0.15, 0.2) is 54.7 Å². The Kier molecular flexibility index (Phi) is 7.03. The van der Waals surface area contributed by atoms with Crippen LogP contribution in [0.1, 0.15) is 16.0 Å². The maximum absolute atomic E-state index is 12.3. The molecule has 0 aliphatic rings. The molecule has 0 radical (unpaired) electrons. The van der Waals surface area contributed by atoms with Gasteiger partial charge in [-0.15, -0.1) is 11.3 Å². The number of aromatic nitrogens is 1. The van der Waals surface area contributed by atoms with Crippen LogP contribution in [0.5, 0.6) is 5.75 Å². The lowest BCUT2D eigenvalue weighted by Crippen LogP contribution is -2.29. The van der Waals surface area contributed by atoms with E-state index in [0.29, 0.717) is 18.1 Å². The average molecular weight is 416 g/mol. The van der Waals surface area contributed by atoms with Crippen molar-refractivity contribution in [1.29, 1.82) is 0 Å². The summed E-state index contributed by atoms with van der Waals surface area (Å²) in [4.78, 5) is 19.6. The quantitative estimate of drug-likeness (QED) is 0.589. The highest BCUT2D eigenvalue weighted by atomic mass is 35.5. The fraction of sp³-hybridized carbons (Fsp3) is 0.238. The number of thiazole rings is 1. The van der Waals surface area contributed by atoms with Gasteiger partial charge in [0.15, 0.2) is 5.13 Å². The second-order valence-electron chi connectivity index (χ2n) is 6.47. The first-order chi connectivity index (χ1) is 13.5. The predicted octanol–water partition coefficient (Wildman–Crippen LogP) is 4.47. The summed E-state index contributed by atoms with van der Waals surface area (Å²) in [6.45, 7) is 0.957. The van der Waals surface area contributed by atoms with Gasteiger partial charge in [-0.1, -0.05) is 41.9 Å². The van der Waals surface area contributed by atoms with E-state index in [1.165, 1.54) is 11.3 Å². The minimum atomic E-state index is -0.0883. The first kappa shape index (κ1) is 20.3. The molecule has 1 aromatic heterocycles. The van der Waals surface area contributed by atoms with Crippen molar-refractivity contribution in [1.82, 2.24) is 9.88 Å². The molecule has 0 bridgehead atoms. The maximum atomic E-state index is 12.3. The molecular weight excluding hydrogens is 394 g/mol. The summed E-state index contributed by atoms with van der Waals surface area (Å²) in [6, 6.07) is 15.6. The standard InChI is InChI=1S/C21H22ClN3O2S/c1-25(13-15-7-9-17(27-2)10-8-15)14-20(26)24-21-23-12-18(28-21)11-16-5-3-4-6-19(16)22/h3-10,12H,11,13-14H2,1-2H3,(H,23,24,26). The smallest absolute Gasteiger partial charge is 0.240 e. The highest BCUT2D eigenvalue weighted by Crippen LogP contribution is 2.24. The van der Waals surface area contributed by atoms with E-state index in [1.54, 1.807) is 13.3 Å². The minimum absolute atomic E-state index is 0.0883. The third-order valence-corrected chi connectivity index (χ3v) is 5.43. The van der Waals surface area contributed by atoms with E-state index in [9.17, 15) is 4.79 Å². The van der Waals surface area contributed by atoms with Crippen LogP contribution in [0, 0.1) is 0 Å². The molecule has 1 amide bonds. The number of amides is 1. The number of nitrogens with one attached hydrogen (secondary N) is 1. The van der Waals surface area contributed by atoms with Crippen LogP contribution >= 0.6 is 22.9 Å². The fourth-order valence-electron chi connectivity index (χ4n) is 2.78. The molecule has 28 heavy (non-hydrogen) atoms. The summed E-state index contributed by atoms with van der Waals surface area (Å²) in [6.07, 6.45) is 2.48. The monoisotopic (exact) mass is 415 g/mol. The van der Waals surface area contributed by atoms with Crippen molar-refractivity contribution < 1.29 is 9.53 Å². The molecule has 146 valence electrons. The molecule has 3 aromatic rings. The van der Waals surface area contributed by atoms with Crippen molar-refractivity contribution in [2.75, 3.05) is 26.0 Å². The lowest BCUT2D eigenvalue weighted by atomic mass is 10.1. The number of halogens is 1. The number of likely N-dealkylation sites (N-methyl/N-ethyl adjacent to an activating group) is 1. The Hall–Kier alpha value is -2.41. The Morgan fingerprint density at radius 3 is 2.68 bits per heavy atom. The Morgan fingerprint density at radius 1 is 1.21 bits per heavy atom. The molecule has 5 nitrogen and oxygen atoms in total. The van der Waals surface area contributed by atoms with E-state index >= 15 is 0 Å². The Bertz CT molecular complexity index is 927. The highest BCUT2D eigenvalue weighted by Gasteiger charge is 2.11. The van der Waals surface area contributed by atoms with Gasteiger partial charge in [0.05, 0.1) is 13.7 Å². The van der Waals surface area contributed by atoms with Crippen LogP contribution in [-0.2, 0) is 17.8 Å². The first-order valence-corrected chi connectivity index (χ1v) is 10.0. The zero-order valence-corrected chi connectivity index (χ0v) is 17.4. The van der Waals surface area contributed by atoms with E-state index in [-0.39, 0.29) is 12.5 Å². The number of ether oxygens (including phenoxy) is 1. The molecule has 7 heteroatoms. The summed E-state index contributed by atoms with van der Waals surface area (Å²) in [5.41, 5.74) is 2.16. The third kappa shape index (κ3) is 5.79. The topological polar surface area (TPSA) is 54.5 Å². The number of methoxy groups -OCH3 is 1. The maximum Gasteiger partial charge on any atom is 0.240 e. The van der Waals surface area contributed by atoms with Crippen LogP contribution in [0.3, 0.4) is 0 Å². The molecule has 0 spiro atoms. The molecular formula is C21H22ClN3O2S. The minimum Gasteiger partial charge on any atom is -0.497 e. The molecule has 0 unspecified atom stereocenters. The Balaban J connectivity index is 1.50. The molecule has 1 N–H and O–H groups in total. The summed E-state index contributed by atoms with van der Waals surface area (Å²) in [7, 11) is 3.55. The summed E-state index contributed by atoms with van der Waals surface area (Å²) in [5.74, 6) is 0.732. The van der Waals surface area contributed by atoms with Gasteiger partial charge < -0.3 is 10.1 Å². The van der Waals surface area contributed by atoms with Gasteiger partial charge >= 0.3 is 0 Å². The second-order valence-corrected chi connectivity index (χ2v) is 7.99. The van der Waals surface area contributed by atoms with Gasteiger partial charge in [0, 0.05) is 29.1 Å². The summed E-state index contributed by atoms with van der Waals surface area (Å²) >= 11 is 7.67. The number of rotatable bonds is 8. The van der Waals surface area contributed by atoms with Crippen LogP contribution in [0.2, 0.25) is 5.02 Å². The van der Waals surface area contributed by atoms with Crippen LogP contribution in [0.25, 0.3) is 0 Å². The number of carbonyl (C=O) groups is 1. The molecule has 3 rings (SSSR count). The SMILES string of the molecule is COc1ccc(CN(C)CC(=O)Nc2ncc(Cc3ccccc3Cl)s2)cc1. The van der Waals surface area contributed by atoms with Crippen molar-refractivity contribution in [3.8, 4) is 5.75 Å². The Labute approximate surface area is 173 Å². The van der Waals surface area contributed by atoms with Crippen molar-refractivity contribution in [2.24, 2.45) is 0 Å². The highest BCUT2D eigenvalue weighted by molar-refractivity contribution is 7.15. The lowest BCUT2D eigenvalue weighted by Gasteiger charge is -2.16. The van der Waals surface area contributed by atoms with E-state index < -0.39 is 0 Å². The number of hydrogen-bond donors (Lipinski definition) is 1. The van der Waals surface area contributed by atoms with E-state index in [0.717, 1.165) is 26.8 Å². The summed E-state index contributed by atoms with van der Waals surface area (Å²) < 4.78 is 5.16. The molecule has 2 aromatic carbocycles. The van der Waals surface area contributed by atoms with Crippen LogP contribution in [0.4, 0.5) is 5.13 Å². The molecule has 0 aliphatic carbocycles. The molecule has 0 aliphatic heterocycles. The van der Waals surface area contributed by atoms with Gasteiger partial charge in [-0.2, -0.15) is 0 Å². The fourth-order valence-corrected chi connectivity index (χ4v) is 3.83. The van der Waals surface area contributed by atoms with Crippen molar-refractivity contribution in [3.63, 3.8) is 0 Å². The number of hydrogen-bond acceptors (Lipinski definition) is 5. The normalized spacial score (nSPS) is 10.9. The molecule has 0 saturated heterocycles. The molecule has 0 fully saturated rings. The van der Waals surface area contributed by atoms with Gasteiger partial charge in [-0.25, -0.2) is 4.98 Å². The van der Waals surface area contributed by atoms with Crippen LogP contribution < -0.4 is 10.1 Å². The van der Waals surface area contributed by atoms with Crippen LogP contribution in [-0.4, -0.2) is 36.5 Å². The van der Waals surface area contributed by atoms with Crippen molar-refractivity contribution >= 4 is 34.0 Å². The van der Waals surface area contributed by atoms with Crippen molar-refractivity contribution in [3.05, 3.63) is 75.8 Å². The van der Waals surface area contributed by atoms with Crippen molar-refractivity contribution in [2.45, 2.75) is 13.0 Å². The average Bonchev–Trinajstić information content (AvgIpc) is 3.10. The first-order valence-electron chi connectivity index (χ1n) is 8.83. The van der Waals surface area contributed by atoms with Gasteiger partial charge in [0.1, 0.15) is 5.75 Å². The van der Waals surface area contributed by atoms with Gasteiger partial charge in [-0.05, 0) is 36.4 Å². The number of anilines is 1. The number of nitrogens with zero attached hydrogens (tertiary/aromatic N) is 2. The van der Waals surface area contributed by atoms with Gasteiger partial charge in [0.25, 0.3) is 0 Å². The van der Waals surface area contributed by atoms with Gasteiger partial charge in [0.2, 0.25) is 5.91 Å². The second kappa shape index (κ2) is 9.68. The number of carbonyl (C=O) groups excluding carboxylic acids is 1. The van der Waals surface area contributed by atoms with E-state index in [1.807, 2.05) is 60.5 Å². The predicted molar refractivity (Wildman–Crippen MR) is 114 cm³/mol. The van der Waals surface area contributed by atoms with Gasteiger partial charge in [-0.3, -0.25) is 9.69 Å². The summed E-state index contributed by atoms with van der Waals surface area (Å²) in [5, 5.41) is 4.21. The molecule has 0 atom stereocenters. The Morgan fingerprint density at radius 2 is 1.96 bits per heavy atom. The lowest BCUT2D eigenvalue weighted by molar-refractivity contribution is -0.117. The zero-order valence-electron chi connectivity index (χ0n) is 15.8.